The van der Waals surface area contributed by atoms with Crippen LogP contribution in [0.15, 0.2) is 11.6 Å². The Morgan fingerprint density at radius 1 is 0.586 bits per heavy atom. The summed E-state index contributed by atoms with van der Waals surface area (Å²) in [5.74, 6) is 6.25. The van der Waals surface area contributed by atoms with E-state index in [1.54, 1.807) is 44.1 Å². The monoisotopic (exact) mass is 400 g/mol. The fraction of sp³-hybridized carbons (Fsp3) is 0.931. The lowest BCUT2D eigenvalue weighted by Gasteiger charge is -2.38. The topological polar surface area (TPSA) is 0 Å². The third kappa shape index (κ3) is 7.43. The summed E-state index contributed by atoms with van der Waals surface area (Å²) in [7, 11) is 0. The average Bonchev–Trinajstić information content (AvgIpc) is 2.76. The fourth-order valence-corrected chi connectivity index (χ4v) is 7.33. The van der Waals surface area contributed by atoms with Crippen molar-refractivity contribution in [2.24, 2.45) is 35.5 Å². The molecule has 29 heavy (non-hydrogen) atoms. The van der Waals surface area contributed by atoms with E-state index in [0.29, 0.717) is 0 Å². The average molecular weight is 401 g/mol. The first-order chi connectivity index (χ1) is 14.2. The third-order valence-corrected chi connectivity index (χ3v) is 9.38. The Morgan fingerprint density at radius 3 is 1.45 bits per heavy atom. The summed E-state index contributed by atoms with van der Waals surface area (Å²) in [6, 6.07) is 0. The lowest BCUT2D eigenvalue weighted by Crippen LogP contribution is -2.25. The van der Waals surface area contributed by atoms with Crippen LogP contribution in [0, 0.1) is 35.5 Å². The molecule has 3 saturated carbocycles. The number of hydrogen-bond acceptors (Lipinski definition) is 0. The maximum atomic E-state index is 2.64. The van der Waals surface area contributed by atoms with Crippen molar-refractivity contribution in [2.75, 3.05) is 0 Å². The summed E-state index contributed by atoms with van der Waals surface area (Å²) in [6.45, 7) is 7.15. The van der Waals surface area contributed by atoms with Gasteiger partial charge in [-0.2, -0.15) is 0 Å². The molecule has 3 aliphatic carbocycles. The van der Waals surface area contributed by atoms with Gasteiger partial charge in [-0.25, -0.2) is 0 Å². The van der Waals surface area contributed by atoms with Crippen molar-refractivity contribution in [1.82, 2.24) is 0 Å². The highest BCUT2D eigenvalue weighted by Gasteiger charge is 2.30. The molecule has 168 valence electrons. The number of hydrogen-bond donors (Lipinski definition) is 0. The molecule has 0 spiro atoms. The molecule has 0 nitrogen and oxygen atoms in total. The van der Waals surface area contributed by atoms with Crippen molar-refractivity contribution in [3.63, 3.8) is 0 Å². The predicted molar refractivity (Wildman–Crippen MR) is 129 cm³/mol. The standard InChI is InChI=1S/C29H52/c1-4-7-24-11-17-27(18-12-24)23(3)9-6-10-26-15-21-29(22-16-26)28-19-13-25(8-5-2)14-20-28/h9,24-29H,4-8,10-22H2,1-3H3. The van der Waals surface area contributed by atoms with Crippen LogP contribution in [0.2, 0.25) is 0 Å². The first-order valence-corrected chi connectivity index (χ1v) is 13.9. The van der Waals surface area contributed by atoms with Crippen molar-refractivity contribution in [3.05, 3.63) is 11.6 Å². The molecule has 0 bridgehead atoms. The summed E-state index contributed by atoms with van der Waals surface area (Å²) >= 11 is 0. The molecule has 0 atom stereocenters. The van der Waals surface area contributed by atoms with Crippen molar-refractivity contribution >= 4 is 0 Å². The van der Waals surface area contributed by atoms with E-state index in [1.165, 1.54) is 77.0 Å². The highest BCUT2D eigenvalue weighted by molar-refractivity contribution is 5.05. The van der Waals surface area contributed by atoms with E-state index in [-0.39, 0.29) is 0 Å². The minimum absolute atomic E-state index is 0.918. The lowest BCUT2D eigenvalue weighted by molar-refractivity contribution is 0.141. The van der Waals surface area contributed by atoms with Gasteiger partial charge in [0, 0.05) is 0 Å². The molecule has 3 aliphatic rings. The molecule has 0 aromatic rings. The highest BCUT2D eigenvalue weighted by atomic mass is 14.4. The summed E-state index contributed by atoms with van der Waals surface area (Å²) in [4.78, 5) is 0. The van der Waals surface area contributed by atoms with Crippen LogP contribution in [0.3, 0.4) is 0 Å². The fourth-order valence-electron chi connectivity index (χ4n) is 7.33. The second-order valence-electron chi connectivity index (χ2n) is 11.4. The molecule has 0 aromatic heterocycles. The molecular formula is C29H52. The molecule has 0 unspecified atom stereocenters. The van der Waals surface area contributed by atoms with Gasteiger partial charge in [-0.05, 0) is 107 Å². The van der Waals surface area contributed by atoms with Crippen LogP contribution in [-0.2, 0) is 0 Å². The van der Waals surface area contributed by atoms with Crippen LogP contribution in [0.1, 0.15) is 136 Å². The van der Waals surface area contributed by atoms with Gasteiger partial charge in [0.15, 0.2) is 0 Å². The predicted octanol–water partition coefficient (Wildman–Crippen LogP) is 9.73. The number of allylic oxidation sites excluding steroid dienone is 2. The molecule has 0 heteroatoms. The third-order valence-electron chi connectivity index (χ3n) is 9.38. The van der Waals surface area contributed by atoms with Crippen LogP contribution in [-0.4, -0.2) is 0 Å². The Balaban J connectivity index is 1.30. The molecule has 0 amide bonds. The summed E-state index contributed by atoms with van der Waals surface area (Å²) in [6.07, 6.45) is 29.5. The van der Waals surface area contributed by atoms with Crippen LogP contribution < -0.4 is 0 Å². The highest BCUT2D eigenvalue weighted by Crippen LogP contribution is 2.43. The second-order valence-corrected chi connectivity index (χ2v) is 11.4. The van der Waals surface area contributed by atoms with E-state index in [9.17, 15) is 0 Å². The summed E-state index contributed by atoms with van der Waals surface area (Å²) in [5.41, 5.74) is 1.73. The first kappa shape index (κ1) is 23.4. The number of rotatable bonds is 9. The van der Waals surface area contributed by atoms with Crippen molar-refractivity contribution in [1.29, 1.82) is 0 Å². The van der Waals surface area contributed by atoms with E-state index >= 15 is 0 Å². The van der Waals surface area contributed by atoms with E-state index in [0.717, 1.165) is 35.5 Å². The Bertz CT molecular complexity index is 450. The van der Waals surface area contributed by atoms with E-state index < -0.39 is 0 Å². The van der Waals surface area contributed by atoms with Gasteiger partial charge in [0.2, 0.25) is 0 Å². The zero-order chi connectivity index (χ0) is 20.5. The van der Waals surface area contributed by atoms with Crippen molar-refractivity contribution < 1.29 is 0 Å². The quantitative estimate of drug-likeness (QED) is 0.338. The van der Waals surface area contributed by atoms with Gasteiger partial charge >= 0.3 is 0 Å². The van der Waals surface area contributed by atoms with E-state index in [1.807, 2.05) is 0 Å². The minimum atomic E-state index is 0.918. The van der Waals surface area contributed by atoms with Crippen LogP contribution in [0.4, 0.5) is 0 Å². The molecule has 0 radical (unpaired) electrons. The Morgan fingerprint density at radius 2 is 1.00 bits per heavy atom. The SMILES string of the molecule is CCCC1CCC(C(C)=CCCC2CCC(C3CCC(CCC)CC3)CC2)CC1. The largest absolute Gasteiger partial charge is 0.0853 e. The van der Waals surface area contributed by atoms with Gasteiger partial charge in [-0.15, -0.1) is 0 Å². The molecule has 0 heterocycles. The van der Waals surface area contributed by atoms with Gasteiger partial charge < -0.3 is 0 Å². The zero-order valence-corrected chi connectivity index (χ0v) is 20.3. The van der Waals surface area contributed by atoms with Crippen LogP contribution in [0.25, 0.3) is 0 Å². The molecular weight excluding hydrogens is 348 g/mol. The maximum absolute atomic E-state index is 2.64. The Labute approximate surface area is 183 Å². The molecule has 0 aliphatic heterocycles. The second kappa shape index (κ2) is 12.6. The van der Waals surface area contributed by atoms with Crippen LogP contribution >= 0.6 is 0 Å². The molecule has 3 fully saturated rings. The lowest BCUT2D eigenvalue weighted by atomic mass is 9.68. The first-order valence-electron chi connectivity index (χ1n) is 13.9. The van der Waals surface area contributed by atoms with Gasteiger partial charge in [0.05, 0.1) is 0 Å². The zero-order valence-electron chi connectivity index (χ0n) is 20.3. The smallest absolute Gasteiger partial charge is 0.0206 e. The molecule has 0 N–H and O–H groups in total. The Kier molecular flexibility index (Phi) is 10.1. The van der Waals surface area contributed by atoms with Gasteiger partial charge in [0.25, 0.3) is 0 Å². The van der Waals surface area contributed by atoms with Crippen molar-refractivity contribution in [3.8, 4) is 0 Å². The summed E-state index contributed by atoms with van der Waals surface area (Å²) in [5, 5.41) is 0. The van der Waals surface area contributed by atoms with E-state index in [4.69, 9.17) is 0 Å². The maximum Gasteiger partial charge on any atom is -0.0206 e. The van der Waals surface area contributed by atoms with Gasteiger partial charge in [0.1, 0.15) is 0 Å². The van der Waals surface area contributed by atoms with Gasteiger partial charge in [-0.3, -0.25) is 0 Å². The van der Waals surface area contributed by atoms with Crippen LogP contribution in [0.5, 0.6) is 0 Å². The molecule has 3 rings (SSSR count). The Hall–Kier alpha value is -0.260. The summed E-state index contributed by atoms with van der Waals surface area (Å²) < 4.78 is 0. The molecule has 0 aromatic carbocycles. The van der Waals surface area contributed by atoms with Gasteiger partial charge in [-0.1, -0.05) is 76.9 Å². The van der Waals surface area contributed by atoms with E-state index in [2.05, 4.69) is 26.8 Å². The minimum Gasteiger partial charge on any atom is -0.0853 e. The normalized spacial score (nSPS) is 36.9. The van der Waals surface area contributed by atoms with Crippen molar-refractivity contribution in [2.45, 2.75) is 136 Å². The molecule has 0 saturated heterocycles.